The molecule has 0 atom stereocenters. The number of rotatable bonds is 7. The molecule has 0 fully saturated rings. The first-order chi connectivity index (χ1) is 9.22. The van der Waals surface area contributed by atoms with Gasteiger partial charge in [0.05, 0.1) is 5.69 Å². The number of nitrogens with zero attached hydrogens (tertiary/aromatic N) is 4. The van der Waals surface area contributed by atoms with Gasteiger partial charge in [0.2, 0.25) is 0 Å². The number of thiazole rings is 1. The molecule has 19 heavy (non-hydrogen) atoms. The molecule has 0 saturated carbocycles. The highest BCUT2D eigenvalue weighted by atomic mass is 32.1. The number of aromatic nitrogens is 3. The first-order valence-electron chi connectivity index (χ1n) is 6.61. The average Bonchev–Trinajstić information content (AvgIpc) is 3.01. The van der Waals surface area contributed by atoms with Crippen molar-refractivity contribution in [3.05, 3.63) is 29.0 Å². The van der Waals surface area contributed by atoms with Crippen LogP contribution in [0, 0.1) is 0 Å². The van der Waals surface area contributed by atoms with E-state index in [1.54, 1.807) is 11.3 Å². The lowest BCUT2D eigenvalue weighted by molar-refractivity contribution is 0.660. The number of hydrogen-bond acceptors (Lipinski definition) is 5. The average molecular weight is 279 g/mol. The number of nitrogens with one attached hydrogen (secondary N) is 1. The molecule has 6 heteroatoms. The Kier molecular flexibility index (Phi) is 4.93. The highest BCUT2D eigenvalue weighted by molar-refractivity contribution is 7.15. The molecule has 0 aliphatic rings. The lowest BCUT2D eigenvalue weighted by Crippen LogP contribution is -2.21. The van der Waals surface area contributed by atoms with Crippen LogP contribution in [0.4, 0.5) is 5.13 Å². The van der Waals surface area contributed by atoms with E-state index in [9.17, 15) is 0 Å². The van der Waals surface area contributed by atoms with Crippen LogP contribution in [-0.4, -0.2) is 27.9 Å². The first kappa shape index (κ1) is 14.0. The minimum atomic E-state index is 0.791. The van der Waals surface area contributed by atoms with Gasteiger partial charge >= 0.3 is 0 Å². The summed E-state index contributed by atoms with van der Waals surface area (Å²) in [4.78, 5) is 8.01. The van der Waals surface area contributed by atoms with Gasteiger partial charge in [0, 0.05) is 50.5 Å². The van der Waals surface area contributed by atoms with Crippen LogP contribution in [0.1, 0.15) is 24.4 Å². The van der Waals surface area contributed by atoms with Crippen molar-refractivity contribution >= 4 is 16.5 Å². The summed E-state index contributed by atoms with van der Waals surface area (Å²) in [6, 6.07) is 2.03. The van der Waals surface area contributed by atoms with E-state index >= 15 is 0 Å². The zero-order valence-corrected chi connectivity index (χ0v) is 12.6. The molecule has 2 aromatic heterocycles. The summed E-state index contributed by atoms with van der Waals surface area (Å²) < 4.78 is 1.82. The third kappa shape index (κ3) is 3.78. The maximum Gasteiger partial charge on any atom is 0.185 e. The molecule has 0 radical (unpaired) electrons. The molecule has 104 valence electrons. The van der Waals surface area contributed by atoms with Crippen LogP contribution in [0.2, 0.25) is 0 Å². The molecule has 2 aromatic rings. The fraction of sp³-hybridized carbons (Fsp3) is 0.538. The van der Waals surface area contributed by atoms with Crippen molar-refractivity contribution < 1.29 is 0 Å². The molecule has 0 bridgehead atoms. The van der Waals surface area contributed by atoms with Crippen LogP contribution in [-0.2, 0) is 20.1 Å². The lowest BCUT2D eigenvalue weighted by atomic mass is 10.4. The van der Waals surface area contributed by atoms with Gasteiger partial charge in [0.15, 0.2) is 5.13 Å². The van der Waals surface area contributed by atoms with Crippen molar-refractivity contribution in [3.8, 4) is 0 Å². The van der Waals surface area contributed by atoms with Crippen LogP contribution >= 0.6 is 11.3 Å². The second kappa shape index (κ2) is 6.68. The Bertz CT molecular complexity index is 501. The number of aryl methyl sites for hydroxylation is 1. The van der Waals surface area contributed by atoms with E-state index in [-0.39, 0.29) is 0 Å². The van der Waals surface area contributed by atoms with Crippen molar-refractivity contribution in [2.24, 2.45) is 7.05 Å². The fourth-order valence-electron chi connectivity index (χ4n) is 1.89. The van der Waals surface area contributed by atoms with E-state index in [1.807, 2.05) is 30.2 Å². The Morgan fingerprint density at radius 1 is 1.32 bits per heavy atom. The van der Waals surface area contributed by atoms with Gasteiger partial charge in [-0.2, -0.15) is 5.10 Å². The van der Waals surface area contributed by atoms with Gasteiger partial charge in [-0.3, -0.25) is 4.68 Å². The Morgan fingerprint density at radius 3 is 2.74 bits per heavy atom. The molecular formula is C13H21N5S. The molecule has 0 aliphatic heterocycles. The van der Waals surface area contributed by atoms with Gasteiger partial charge in [0.25, 0.3) is 0 Å². The number of anilines is 1. The van der Waals surface area contributed by atoms with Crippen molar-refractivity contribution in [2.75, 3.05) is 18.0 Å². The van der Waals surface area contributed by atoms with Gasteiger partial charge < -0.3 is 10.2 Å². The van der Waals surface area contributed by atoms with E-state index in [0.29, 0.717) is 0 Å². The summed E-state index contributed by atoms with van der Waals surface area (Å²) in [6.07, 6.45) is 3.92. The second-order valence-electron chi connectivity index (χ2n) is 4.37. The van der Waals surface area contributed by atoms with Crippen molar-refractivity contribution in [1.82, 2.24) is 20.1 Å². The van der Waals surface area contributed by atoms with E-state index in [4.69, 9.17) is 0 Å². The van der Waals surface area contributed by atoms with Crippen LogP contribution in [0.5, 0.6) is 0 Å². The molecule has 2 heterocycles. The summed E-state index contributed by atoms with van der Waals surface area (Å²) in [5.74, 6) is 0. The molecule has 2 rings (SSSR count). The predicted octanol–water partition coefficient (Wildman–Crippen LogP) is 2.01. The van der Waals surface area contributed by atoms with Gasteiger partial charge in [-0.25, -0.2) is 4.98 Å². The van der Waals surface area contributed by atoms with Crippen LogP contribution < -0.4 is 10.2 Å². The topological polar surface area (TPSA) is 46.0 Å². The summed E-state index contributed by atoms with van der Waals surface area (Å²) in [6.45, 7) is 7.96. The molecule has 0 aliphatic carbocycles. The third-order valence-corrected chi connectivity index (χ3v) is 4.01. The minimum Gasteiger partial charge on any atom is -0.349 e. The highest BCUT2D eigenvalue weighted by Crippen LogP contribution is 2.21. The van der Waals surface area contributed by atoms with Crippen molar-refractivity contribution in [1.29, 1.82) is 0 Å². The number of hydrogen-bond donors (Lipinski definition) is 1. The summed E-state index contributed by atoms with van der Waals surface area (Å²) in [5, 5.41) is 8.84. The smallest absolute Gasteiger partial charge is 0.185 e. The maximum atomic E-state index is 4.47. The summed E-state index contributed by atoms with van der Waals surface area (Å²) in [7, 11) is 1.93. The Hall–Kier alpha value is -1.40. The largest absolute Gasteiger partial charge is 0.349 e. The predicted molar refractivity (Wildman–Crippen MR) is 79.4 cm³/mol. The third-order valence-electron chi connectivity index (χ3n) is 2.95. The van der Waals surface area contributed by atoms with Crippen molar-refractivity contribution in [3.63, 3.8) is 0 Å². The molecule has 0 unspecified atom stereocenters. The molecular weight excluding hydrogens is 258 g/mol. The lowest BCUT2D eigenvalue weighted by Gasteiger charge is -2.16. The van der Waals surface area contributed by atoms with Crippen molar-refractivity contribution in [2.45, 2.75) is 26.9 Å². The van der Waals surface area contributed by atoms with Gasteiger partial charge in [-0.05, 0) is 19.9 Å². The zero-order chi connectivity index (χ0) is 13.7. The van der Waals surface area contributed by atoms with E-state index in [1.165, 1.54) is 4.88 Å². The Labute approximate surface area is 118 Å². The SMILES string of the molecule is CCN(CC)c1ncc(CNCc2ccn(C)n2)s1. The van der Waals surface area contributed by atoms with Crippen LogP contribution in [0.25, 0.3) is 0 Å². The normalized spacial score (nSPS) is 10.9. The summed E-state index contributed by atoms with van der Waals surface area (Å²) in [5.41, 5.74) is 1.07. The van der Waals surface area contributed by atoms with Gasteiger partial charge in [-0.1, -0.05) is 0 Å². The van der Waals surface area contributed by atoms with E-state index in [0.717, 1.165) is 37.0 Å². The van der Waals surface area contributed by atoms with Gasteiger partial charge in [0.1, 0.15) is 0 Å². The molecule has 0 aromatic carbocycles. The van der Waals surface area contributed by atoms with Crippen LogP contribution in [0.15, 0.2) is 18.5 Å². The highest BCUT2D eigenvalue weighted by Gasteiger charge is 2.07. The zero-order valence-electron chi connectivity index (χ0n) is 11.8. The quantitative estimate of drug-likeness (QED) is 0.842. The van der Waals surface area contributed by atoms with Gasteiger partial charge in [-0.15, -0.1) is 11.3 Å². The van der Waals surface area contributed by atoms with Crippen LogP contribution in [0.3, 0.4) is 0 Å². The Morgan fingerprint density at radius 2 is 2.11 bits per heavy atom. The molecule has 5 nitrogen and oxygen atoms in total. The van der Waals surface area contributed by atoms with E-state index in [2.05, 4.69) is 34.1 Å². The second-order valence-corrected chi connectivity index (χ2v) is 5.46. The maximum absolute atomic E-state index is 4.47. The standard InChI is InChI=1S/C13H21N5S/c1-4-18(5-2)13-15-10-12(19-13)9-14-8-11-6-7-17(3)16-11/h6-7,10,14H,4-5,8-9H2,1-3H3. The summed E-state index contributed by atoms with van der Waals surface area (Å²) >= 11 is 1.76. The fourth-order valence-corrected chi connectivity index (χ4v) is 2.90. The van der Waals surface area contributed by atoms with E-state index < -0.39 is 0 Å². The molecule has 0 spiro atoms. The molecule has 0 amide bonds. The Balaban J connectivity index is 1.83. The minimum absolute atomic E-state index is 0.791. The molecule has 1 N–H and O–H groups in total. The first-order valence-corrected chi connectivity index (χ1v) is 7.43. The monoisotopic (exact) mass is 279 g/mol. The molecule has 0 saturated heterocycles.